The van der Waals surface area contributed by atoms with Gasteiger partial charge in [-0.1, -0.05) is 26.7 Å². The van der Waals surface area contributed by atoms with Crippen LogP contribution in [-0.2, 0) is 0 Å². The van der Waals surface area contributed by atoms with Gasteiger partial charge < -0.3 is 10.0 Å². The van der Waals surface area contributed by atoms with Crippen LogP contribution >= 0.6 is 0 Å². The van der Waals surface area contributed by atoms with Crippen LogP contribution in [0.15, 0.2) is 0 Å². The van der Waals surface area contributed by atoms with E-state index in [1.54, 1.807) is 0 Å². The molecule has 0 rings (SSSR count). The highest BCUT2D eigenvalue weighted by Crippen LogP contribution is 2.10. The third-order valence-electron chi connectivity index (χ3n) is 2.98. The van der Waals surface area contributed by atoms with Gasteiger partial charge in [0, 0.05) is 12.6 Å². The Morgan fingerprint density at radius 1 is 1.00 bits per heavy atom. The first-order chi connectivity index (χ1) is 7.07. The Bertz CT molecular complexity index is 136. The molecule has 0 aliphatic carbocycles. The molecule has 2 heteroatoms. The number of hydrogen-bond donors (Lipinski definition) is 1. The van der Waals surface area contributed by atoms with Gasteiger partial charge in [0.2, 0.25) is 0 Å². The first-order valence-electron chi connectivity index (χ1n) is 6.39. The number of unbranched alkanes of at least 4 members (excludes halogenated alkanes) is 3. The Morgan fingerprint density at radius 3 is 2.13 bits per heavy atom. The largest absolute Gasteiger partial charge is 0.396 e. The van der Waals surface area contributed by atoms with Crippen molar-refractivity contribution in [2.24, 2.45) is 5.92 Å². The maximum Gasteiger partial charge on any atom is 0.0431 e. The molecule has 0 radical (unpaired) electrons. The second-order valence-electron chi connectivity index (χ2n) is 5.10. The summed E-state index contributed by atoms with van der Waals surface area (Å²) in [6.07, 6.45) is 5.93. The van der Waals surface area contributed by atoms with Crippen LogP contribution in [0.3, 0.4) is 0 Å². The van der Waals surface area contributed by atoms with Crippen molar-refractivity contribution in [3.8, 4) is 0 Å². The summed E-state index contributed by atoms with van der Waals surface area (Å²) in [6, 6.07) is 0.697. The predicted octanol–water partition coefficient (Wildman–Crippen LogP) is 2.91. The van der Waals surface area contributed by atoms with Crippen LogP contribution in [-0.4, -0.2) is 36.2 Å². The maximum absolute atomic E-state index is 8.65. The molecule has 1 unspecified atom stereocenters. The molecule has 0 spiro atoms. The van der Waals surface area contributed by atoms with Gasteiger partial charge in [0.1, 0.15) is 0 Å². The van der Waals surface area contributed by atoms with Crippen molar-refractivity contribution in [1.82, 2.24) is 4.90 Å². The van der Waals surface area contributed by atoms with Gasteiger partial charge in [0.15, 0.2) is 0 Å². The quantitative estimate of drug-likeness (QED) is 0.598. The predicted molar refractivity (Wildman–Crippen MR) is 67.1 cm³/mol. The molecular weight excluding hydrogens is 186 g/mol. The highest BCUT2D eigenvalue weighted by molar-refractivity contribution is 4.65. The summed E-state index contributed by atoms with van der Waals surface area (Å²) in [6.45, 7) is 8.42. The number of rotatable bonds is 9. The van der Waals surface area contributed by atoms with Crippen LogP contribution in [0, 0.1) is 5.92 Å². The summed E-state index contributed by atoms with van der Waals surface area (Å²) in [5, 5.41) is 8.65. The number of aliphatic hydroxyl groups excluding tert-OH is 1. The Balaban J connectivity index is 3.42. The summed E-state index contributed by atoms with van der Waals surface area (Å²) in [4.78, 5) is 2.46. The molecule has 2 nitrogen and oxygen atoms in total. The summed E-state index contributed by atoms with van der Waals surface area (Å²) in [5.41, 5.74) is 0. The van der Waals surface area contributed by atoms with E-state index in [1.165, 1.54) is 32.2 Å². The molecule has 0 fully saturated rings. The fraction of sp³-hybridized carbons (Fsp3) is 1.00. The molecular formula is C13H29NO. The zero-order chi connectivity index (χ0) is 11.7. The first-order valence-corrected chi connectivity index (χ1v) is 6.39. The summed E-state index contributed by atoms with van der Waals surface area (Å²) in [7, 11) is 2.22. The molecule has 0 aromatic rings. The van der Waals surface area contributed by atoms with E-state index in [9.17, 15) is 0 Å². The molecule has 0 aliphatic heterocycles. The molecule has 15 heavy (non-hydrogen) atoms. The van der Waals surface area contributed by atoms with E-state index in [0.29, 0.717) is 12.6 Å². The van der Waals surface area contributed by atoms with Crippen molar-refractivity contribution < 1.29 is 5.11 Å². The third-order valence-corrected chi connectivity index (χ3v) is 2.98. The average molecular weight is 215 g/mol. The van der Waals surface area contributed by atoms with E-state index < -0.39 is 0 Å². The lowest BCUT2D eigenvalue weighted by Crippen LogP contribution is -2.31. The topological polar surface area (TPSA) is 23.5 Å². The van der Waals surface area contributed by atoms with E-state index in [2.05, 4.69) is 32.7 Å². The van der Waals surface area contributed by atoms with Crippen molar-refractivity contribution in [2.75, 3.05) is 20.2 Å². The smallest absolute Gasteiger partial charge is 0.0431 e. The Labute approximate surface area is 95.7 Å². The summed E-state index contributed by atoms with van der Waals surface area (Å²) < 4.78 is 0. The Kier molecular flexibility index (Phi) is 9.12. The SMILES string of the molecule is CC(C)CC(C)N(C)CCCCCCO. The highest BCUT2D eigenvalue weighted by Gasteiger charge is 2.09. The van der Waals surface area contributed by atoms with Crippen molar-refractivity contribution in [1.29, 1.82) is 0 Å². The van der Waals surface area contributed by atoms with Gasteiger partial charge in [-0.25, -0.2) is 0 Å². The molecule has 0 saturated heterocycles. The van der Waals surface area contributed by atoms with Gasteiger partial charge in [-0.2, -0.15) is 0 Å². The van der Waals surface area contributed by atoms with Gasteiger partial charge in [0.05, 0.1) is 0 Å². The average Bonchev–Trinajstić information content (AvgIpc) is 2.16. The lowest BCUT2D eigenvalue weighted by atomic mass is 10.0. The second kappa shape index (κ2) is 9.17. The monoisotopic (exact) mass is 215 g/mol. The maximum atomic E-state index is 8.65. The molecule has 0 saturated carbocycles. The van der Waals surface area contributed by atoms with Crippen LogP contribution in [0.5, 0.6) is 0 Å². The van der Waals surface area contributed by atoms with Gasteiger partial charge in [0.25, 0.3) is 0 Å². The minimum absolute atomic E-state index is 0.347. The Morgan fingerprint density at radius 2 is 1.60 bits per heavy atom. The zero-order valence-corrected chi connectivity index (χ0v) is 11.0. The number of hydrogen-bond acceptors (Lipinski definition) is 2. The Hall–Kier alpha value is -0.0800. The molecule has 0 amide bonds. The van der Waals surface area contributed by atoms with E-state index in [4.69, 9.17) is 5.11 Å². The molecule has 0 heterocycles. The van der Waals surface area contributed by atoms with Crippen LogP contribution in [0.2, 0.25) is 0 Å². The first kappa shape index (κ1) is 14.9. The summed E-state index contributed by atoms with van der Waals surface area (Å²) in [5.74, 6) is 0.789. The number of aliphatic hydroxyl groups is 1. The van der Waals surface area contributed by atoms with E-state index in [-0.39, 0.29) is 0 Å². The number of nitrogens with zero attached hydrogens (tertiary/aromatic N) is 1. The standard InChI is InChI=1S/C13H29NO/c1-12(2)11-13(3)14(4)9-7-5-6-8-10-15/h12-13,15H,5-11H2,1-4H3. The van der Waals surface area contributed by atoms with Gasteiger partial charge in [-0.15, -0.1) is 0 Å². The van der Waals surface area contributed by atoms with Crippen molar-refractivity contribution in [3.05, 3.63) is 0 Å². The molecule has 1 atom stereocenters. The van der Waals surface area contributed by atoms with Crippen molar-refractivity contribution >= 4 is 0 Å². The normalized spacial score (nSPS) is 13.8. The molecule has 0 aromatic heterocycles. The molecule has 1 N–H and O–H groups in total. The van der Waals surface area contributed by atoms with Crippen molar-refractivity contribution in [3.63, 3.8) is 0 Å². The van der Waals surface area contributed by atoms with Gasteiger partial charge >= 0.3 is 0 Å². The second-order valence-corrected chi connectivity index (χ2v) is 5.10. The van der Waals surface area contributed by atoms with E-state index in [0.717, 1.165) is 12.3 Å². The van der Waals surface area contributed by atoms with Crippen LogP contribution < -0.4 is 0 Å². The van der Waals surface area contributed by atoms with Gasteiger partial charge in [-0.3, -0.25) is 0 Å². The molecule has 0 aromatic carbocycles. The fourth-order valence-electron chi connectivity index (χ4n) is 1.91. The van der Waals surface area contributed by atoms with Crippen molar-refractivity contribution in [2.45, 2.75) is 58.9 Å². The lowest BCUT2D eigenvalue weighted by molar-refractivity contribution is 0.222. The molecule has 0 bridgehead atoms. The van der Waals surface area contributed by atoms with Crippen LogP contribution in [0.4, 0.5) is 0 Å². The summed E-state index contributed by atoms with van der Waals surface area (Å²) >= 11 is 0. The minimum Gasteiger partial charge on any atom is -0.396 e. The molecule has 92 valence electrons. The van der Waals surface area contributed by atoms with E-state index in [1.807, 2.05) is 0 Å². The van der Waals surface area contributed by atoms with Crippen LogP contribution in [0.1, 0.15) is 52.9 Å². The van der Waals surface area contributed by atoms with Crippen LogP contribution in [0.25, 0.3) is 0 Å². The lowest BCUT2D eigenvalue weighted by Gasteiger charge is -2.26. The van der Waals surface area contributed by atoms with Gasteiger partial charge in [-0.05, 0) is 45.7 Å². The highest BCUT2D eigenvalue weighted by atomic mass is 16.2. The fourth-order valence-corrected chi connectivity index (χ4v) is 1.91. The minimum atomic E-state index is 0.347. The van der Waals surface area contributed by atoms with E-state index >= 15 is 0 Å². The third kappa shape index (κ3) is 8.88. The zero-order valence-electron chi connectivity index (χ0n) is 11.0. The molecule has 0 aliphatic rings.